The molecule has 0 radical (unpaired) electrons. The number of rotatable bonds is 10. The highest BCUT2D eigenvalue weighted by molar-refractivity contribution is 5.78. The molecule has 0 amide bonds. The number of hydrogen-bond donors (Lipinski definition) is 1. The van der Waals surface area contributed by atoms with Gasteiger partial charge in [0, 0.05) is 19.4 Å². The third-order valence-corrected chi connectivity index (χ3v) is 3.78. The molecule has 0 aromatic heterocycles. The Kier molecular flexibility index (Phi) is 8.01. The molecule has 4 nitrogen and oxygen atoms in total. The lowest BCUT2D eigenvalue weighted by Gasteiger charge is -2.17. The smallest absolute Gasteiger partial charge is 0.134 e. The molecule has 0 aliphatic carbocycles. The maximum atomic E-state index is 11.9. The molecule has 0 bridgehead atoms. The maximum Gasteiger partial charge on any atom is 0.134 e. The zero-order valence-corrected chi connectivity index (χ0v) is 13.3. The zero-order valence-electron chi connectivity index (χ0n) is 13.3. The van der Waals surface area contributed by atoms with Crippen molar-refractivity contribution in [3.05, 3.63) is 29.8 Å². The highest BCUT2D eigenvalue weighted by atomic mass is 16.5. The van der Waals surface area contributed by atoms with Crippen molar-refractivity contribution < 1.29 is 14.6 Å². The van der Waals surface area contributed by atoms with Crippen LogP contribution in [0.1, 0.15) is 44.8 Å². The summed E-state index contributed by atoms with van der Waals surface area (Å²) in [5, 5.41) is 10.1. The van der Waals surface area contributed by atoms with Gasteiger partial charge in [-0.15, -0.1) is 0 Å². The molecule has 0 aliphatic heterocycles. The molecule has 1 rings (SSSR count). The maximum absolute atomic E-state index is 11.9. The molecule has 21 heavy (non-hydrogen) atoms. The molecule has 0 fully saturated rings. The summed E-state index contributed by atoms with van der Waals surface area (Å²) in [6, 6.07) is 7.35. The van der Waals surface area contributed by atoms with Gasteiger partial charge in [0.2, 0.25) is 0 Å². The second-order valence-corrected chi connectivity index (χ2v) is 5.15. The molecule has 1 aromatic carbocycles. The second kappa shape index (κ2) is 9.53. The fourth-order valence-corrected chi connectivity index (χ4v) is 2.26. The Labute approximate surface area is 127 Å². The number of methoxy groups -OCH3 is 1. The Morgan fingerprint density at radius 2 is 2.00 bits per heavy atom. The number of nitrogens with zero attached hydrogens (tertiary/aromatic N) is 1. The van der Waals surface area contributed by atoms with Crippen molar-refractivity contribution in [1.29, 1.82) is 0 Å². The molecule has 0 aliphatic rings. The van der Waals surface area contributed by atoms with Crippen LogP contribution >= 0.6 is 0 Å². The van der Waals surface area contributed by atoms with E-state index in [2.05, 4.69) is 18.7 Å². The lowest BCUT2D eigenvalue weighted by molar-refractivity contribution is -0.120. The van der Waals surface area contributed by atoms with Crippen LogP contribution in [-0.4, -0.2) is 42.5 Å². The van der Waals surface area contributed by atoms with E-state index in [-0.39, 0.29) is 5.78 Å². The molecule has 118 valence electrons. The number of aliphatic hydroxyl groups excluding tert-OH is 1. The summed E-state index contributed by atoms with van der Waals surface area (Å²) in [7, 11) is 1.60. The largest absolute Gasteiger partial charge is 0.497 e. The fourth-order valence-electron chi connectivity index (χ4n) is 2.26. The van der Waals surface area contributed by atoms with Crippen LogP contribution < -0.4 is 4.74 Å². The second-order valence-electron chi connectivity index (χ2n) is 5.15. The van der Waals surface area contributed by atoms with Crippen LogP contribution in [0.5, 0.6) is 5.75 Å². The number of Topliss-reactive ketones (excluding diaryl/α,β-unsaturated/α-hetero) is 1. The number of ether oxygens (including phenoxy) is 1. The van der Waals surface area contributed by atoms with Gasteiger partial charge in [-0.2, -0.15) is 0 Å². The Morgan fingerprint density at radius 1 is 1.29 bits per heavy atom. The van der Waals surface area contributed by atoms with Crippen LogP contribution in [0, 0.1) is 0 Å². The van der Waals surface area contributed by atoms with Crippen LogP contribution in [0.3, 0.4) is 0 Å². The number of aliphatic hydroxyl groups is 1. The molecular weight excluding hydrogens is 266 g/mol. The van der Waals surface area contributed by atoms with E-state index in [9.17, 15) is 9.90 Å². The van der Waals surface area contributed by atoms with Gasteiger partial charge >= 0.3 is 0 Å². The minimum Gasteiger partial charge on any atom is -0.497 e. The standard InChI is InChI=1S/C17H27NO3/c1-4-18(5-2)12-11-15(19)9-10-17(20)14-7-6-8-16(13-14)21-3/h6-8,13,17,20H,4-5,9-12H2,1-3H3/t17-/m1/s1. The predicted octanol–water partition coefficient (Wildman–Crippen LogP) is 2.81. The van der Waals surface area contributed by atoms with Gasteiger partial charge in [0.1, 0.15) is 11.5 Å². The summed E-state index contributed by atoms with van der Waals surface area (Å²) in [5.74, 6) is 0.934. The van der Waals surface area contributed by atoms with Gasteiger partial charge in [-0.05, 0) is 37.2 Å². The Balaban J connectivity index is 2.38. The quantitative estimate of drug-likeness (QED) is 0.720. The minimum absolute atomic E-state index is 0.212. The SMILES string of the molecule is CCN(CC)CCC(=O)CC[C@@H](O)c1cccc(OC)c1. The van der Waals surface area contributed by atoms with Crippen LogP contribution in [0.15, 0.2) is 24.3 Å². The van der Waals surface area contributed by atoms with Crippen molar-refractivity contribution in [2.45, 2.75) is 39.2 Å². The first-order chi connectivity index (χ1) is 10.1. The van der Waals surface area contributed by atoms with Crippen molar-refractivity contribution in [3.8, 4) is 5.75 Å². The zero-order chi connectivity index (χ0) is 15.7. The molecule has 0 saturated heterocycles. The number of carbonyl (C=O) groups excluding carboxylic acids is 1. The van der Waals surface area contributed by atoms with Gasteiger partial charge in [-0.25, -0.2) is 0 Å². The molecule has 0 saturated carbocycles. The topological polar surface area (TPSA) is 49.8 Å². The number of hydrogen-bond acceptors (Lipinski definition) is 4. The van der Waals surface area contributed by atoms with Crippen molar-refractivity contribution >= 4 is 5.78 Å². The average Bonchev–Trinajstić information content (AvgIpc) is 2.53. The van der Waals surface area contributed by atoms with Crippen LogP contribution in [0.4, 0.5) is 0 Å². The summed E-state index contributed by atoms with van der Waals surface area (Å²) >= 11 is 0. The summed E-state index contributed by atoms with van der Waals surface area (Å²) in [4.78, 5) is 14.1. The van der Waals surface area contributed by atoms with Crippen molar-refractivity contribution in [2.24, 2.45) is 0 Å². The molecular formula is C17H27NO3. The van der Waals surface area contributed by atoms with Gasteiger partial charge in [0.25, 0.3) is 0 Å². The lowest BCUT2D eigenvalue weighted by atomic mass is 10.0. The van der Waals surface area contributed by atoms with Crippen LogP contribution in [-0.2, 0) is 4.79 Å². The monoisotopic (exact) mass is 293 g/mol. The van der Waals surface area contributed by atoms with Gasteiger partial charge in [-0.1, -0.05) is 26.0 Å². The van der Waals surface area contributed by atoms with Crippen molar-refractivity contribution in [3.63, 3.8) is 0 Å². The van der Waals surface area contributed by atoms with Gasteiger partial charge in [-0.3, -0.25) is 4.79 Å². The van der Waals surface area contributed by atoms with Crippen molar-refractivity contribution in [2.75, 3.05) is 26.7 Å². The van der Waals surface area contributed by atoms with E-state index in [0.29, 0.717) is 19.3 Å². The average molecular weight is 293 g/mol. The van der Waals surface area contributed by atoms with Gasteiger partial charge < -0.3 is 14.7 Å². The van der Waals surface area contributed by atoms with E-state index in [1.807, 2.05) is 24.3 Å². The minimum atomic E-state index is -0.613. The number of benzene rings is 1. The molecule has 0 heterocycles. The number of ketones is 1. The highest BCUT2D eigenvalue weighted by Crippen LogP contribution is 2.22. The normalized spacial score (nSPS) is 12.4. The first-order valence-corrected chi connectivity index (χ1v) is 7.66. The Morgan fingerprint density at radius 3 is 2.62 bits per heavy atom. The van der Waals surface area contributed by atoms with E-state index < -0.39 is 6.10 Å². The molecule has 1 atom stereocenters. The fraction of sp³-hybridized carbons (Fsp3) is 0.588. The third kappa shape index (κ3) is 6.27. The van der Waals surface area contributed by atoms with Gasteiger partial charge in [0.15, 0.2) is 0 Å². The molecule has 0 spiro atoms. The van der Waals surface area contributed by atoms with E-state index in [1.165, 1.54) is 0 Å². The van der Waals surface area contributed by atoms with Crippen LogP contribution in [0.2, 0.25) is 0 Å². The summed E-state index contributed by atoms with van der Waals surface area (Å²) in [5.41, 5.74) is 0.797. The summed E-state index contributed by atoms with van der Waals surface area (Å²) in [6.45, 7) is 6.94. The Bertz CT molecular complexity index is 430. The summed E-state index contributed by atoms with van der Waals surface area (Å²) in [6.07, 6.45) is 0.827. The van der Waals surface area contributed by atoms with E-state index in [0.717, 1.165) is 30.9 Å². The third-order valence-electron chi connectivity index (χ3n) is 3.78. The number of carbonyl (C=O) groups is 1. The van der Waals surface area contributed by atoms with Crippen molar-refractivity contribution in [1.82, 2.24) is 4.90 Å². The van der Waals surface area contributed by atoms with E-state index in [4.69, 9.17) is 4.74 Å². The predicted molar refractivity (Wildman–Crippen MR) is 84.6 cm³/mol. The first kappa shape index (κ1) is 17.7. The van der Waals surface area contributed by atoms with Crippen LogP contribution in [0.25, 0.3) is 0 Å². The Hall–Kier alpha value is -1.39. The first-order valence-electron chi connectivity index (χ1n) is 7.66. The molecule has 1 N–H and O–H groups in total. The lowest BCUT2D eigenvalue weighted by Crippen LogP contribution is -2.25. The van der Waals surface area contributed by atoms with Gasteiger partial charge in [0.05, 0.1) is 13.2 Å². The molecule has 4 heteroatoms. The highest BCUT2D eigenvalue weighted by Gasteiger charge is 2.12. The van der Waals surface area contributed by atoms with E-state index in [1.54, 1.807) is 7.11 Å². The summed E-state index contributed by atoms with van der Waals surface area (Å²) < 4.78 is 5.14. The van der Waals surface area contributed by atoms with E-state index >= 15 is 0 Å². The molecule has 1 aromatic rings. The molecule has 0 unspecified atom stereocenters.